The Hall–Kier alpha value is -1.55. The fourth-order valence-electron chi connectivity index (χ4n) is 2.90. The van der Waals surface area contributed by atoms with Crippen LogP contribution in [0.1, 0.15) is 36.2 Å². The molecule has 0 fully saturated rings. The minimum Gasteiger partial charge on any atom is -0.384 e. The number of amides is 1. The largest absolute Gasteiger partial charge is 0.384 e. The first-order valence-electron chi connectivity index (χ1n) is 7.78. The van der Waals surface area contributed by atoms with Crippen molar-refractivity contribution in [1.29, 1.82) is 0 Å². The van der Waals surface area contributed by atoms with Crippen LogP contribution in [0.15, 0.2) is 18.2 Å². The zero-order valence-corrected chi connectivity index (χ0v) is 13.6. The highest BCUT2D eigenvalue weighted by molar-refractivity contribution is 5.95. The summed E-state index contributed by atoms with van der Waals surface area (Å²) >= 11 is 0. The lowest BCUT2D eigenvalue weighted by molar-refractivity contribution is 0.0924. The van der Waals surface area contributed by atoms with E-state index in [0.717, 1.165) is 31.5 Å². The van der Waals surface area contributed by atoms with Crippen molar-refractivity contribution in [2.45, 2.75) is 32.7 Å². The van der Waals surface area contributed by atoms with Gasteiger partial charge in [0.05, 0.1) is 0 Å². The fourth-order valence-corrected chi connectivity index (χ4v) is 2.90. The molecule has 1 aliphatic rings. The molecule has 1 aliphatic heterocycles. The van der Waals surface area contributed by atoms with Crippen molar-refractivity contribution in [1.82, 2.24) is 10.2 Å². The van der Waals surface area contributed by atoms with Gasteiger partial charge in [-0.3, -0.25) is 4.79 Å². The summed E-state index contributed by atoms with van der Waals surface area (Å²) in [5, 5.41) is 6.51. The molecule has 21 heavy (non-hydrogen) atoms. The van der Waals surface area contributed by atoms with Crippen LogP contribution in [0, 0.1) is 5.92 Å². The van der Waals surface area contributed by atoms with Gasteiger partial charge in [-0.05, 0) is 56.6 Å². The molecule has 1 aromatic carbocycles. The number of nitrogens with one attached hydrogen (secondary N) is 2. The number of fused-ring (bicyclic) bond motifs is 1. The van der Waals surface area contributed by atoms with Crippen molar-refractivity contribution in [3.05, 3.63) is 29.3 Å². The van der Waals surface area contributed by atoms with Crippen LogP contribution >= 0.6 is 0 Å². The molecule has 2 rings (SSSR count). The van der Waals surface area contributed by atoms with Crippen molar-refractivity contribution in [3.8, 4) is 0 Å². The third-order valence-corrected chi connectivity index (χ3v) is 3.75. The van der Waals surface area contributed by atoms with Crippen LogP contribution in [0.2, 0.25) is 0 Å². The quantitative estimate of drug-likeness (QED) is 0.845. The standard InChI is InChI=1S/C17H27N3O/c1-12(2)9-15(11-20(3)4)19-17(21)14-5-6-16-13(10-14)7-8-18-16/h5-6,10,12,15,18H,7-9,11H2,1-4H3,(H,19,21). The van der Waals surface area contributed by atoms with Gasteiger partial charge in [0.1, 0.15) is 0 Å². The van der Waals surface area contributed by atoms with E-state index in [-0.39, 0.29) is 11.9 Å². The minimum absolute atomic E-state index is 0.0391. The van der Waals surface area contributed by atoms with Crippen molar-refractivity contribution in [2.75, 3.05) is 32.5 Å². The Morgan fingerprint density at radius 2 is 2.14 bits per heavy atom. The molecular weight excluding hydrogens is 262 g/mol. The summed E-state index contributed by atoms with van der Waals surface area (Å²) < 4.78 is 0. The molecule has 1 unspecified atom stereocenters. The zero-order valence-electron chi connectivity index (χ0n) is 13.6. The molecule has 0 aliphatic carbocycles. The maximum absolute atomic E-state index is 12.5. The summed E-state index contributed by atoms with van der Waals surface area (Å²) in [5.41, 5.74) is 3.18. The van der Waals surface area contributed by atoms with E-state index in [1.54, 1.807) is 0 Å². The predicted octanol–water partition coefficient (Wildman–Crippen LogP) is 2.36. The summed E-state index contributed by atoms with van der Waals surface area (Å²) in [4.78, 5) is 14.6. The summed E-state index contributed by atoms with van der Waals surface area (Å²) in [6, 6.07) is 6.14. The number of hydrogen-bond acceptors (Lipinski definition) is 3. The molecule has 1 amide bonds. The monoisotopic (exact) mass is 289 g/mol. The average molecular weight is 289 g/mol. The van der Waals surface area contributed by atoms with Gasteiger partial charge in [0, 0.05) is 30.4 Å². The van der Waals surface area contributed by atoms with Crippen LogP contribution in [0.3, 0.4) is 0 Å². The number of nitrogens with zero attached hydrogens (tertiary/aromatic N) is 1. The Balaban J connectivity index is 2.04. The van der Waals surface area contributed by atoms with Gasteiger partial charge in [0.15, 0.2) is 0 Å². The number of likely N-dealkylation sites (N-methyl/N-ethyl adjacent to an activating group) is 1. The summed E-state index contributed by atoms with van der Waals surface area (Å²) in [7, 11) is 4.08. The maximum Gasteiger partial charge on any atom is 0.251 e. The normalized spacial score (nSPS) is 15.0. The van der Waals surface area contributed by atoms with Gasteiger partial charge in [-0.25, -0.2) is 0 Å². The first kappa shape index (κ1) is 15.8. The molecular formula is C17H27N3O. The van der Waals surface area contributed by atoms with Crippen molar-refractivity contribution in [2.24, 2.45) is 5.92 Å². The van der Waals surface area contributed by atoms with E-state index in [4.69, 9.17) is 0 Å². The molecule has 116 valence electrons. The number of anilines is 1. The molecule has 1 aromatic rings. The van der Waals surface area contributed by atoms with E-state index < -0.39 is 0 Å². The van der Waals surface area contributed by atoms with E-state index in [1.165, 1.54) is 11.3 Å². The van der Waals surface area contributed by atoms with Crippen molar-refractivity contribution in [3.63, 3.8) is 0 Å². The lowest BCUT2D eigenvalue weighted by Gasteiger charge is -2.24. The molecule has 0 radical (unpaired) electrons. The topological polar surface area (TPSA) is 44.4 Å². The molecule has 0 spiro atoms. The second-order valence-corrected chi connectivity index (χ2v) is 6.61. The number of benzene rings is 1. The fraction of sp³-hybridized carbons (Fsp3) is 0.588. The molecule has 0 saturated carbocycles. The molecule has 4 nitrogen and oxygen atoms in total. The SMILES string of the molecule is CC(C)CC(CN(C)C)NC(=O)c1ccc2c(c1)CCN2. The van der Waals surface area contributed by atoms with Crippen LogP contribution in [0.4, 0.5) is 5.69 Å². The van der Waals surface area contributed by atoms with E-state index in [2.05, 4.69) is 29.4 Å². The number of carbonyl (C=O) groups excluding carboxylic acids is 1. The summed E-state index contributed by atoms with van der Waals surface area (Å²) in [6.07, 6.45) is 2.00. The van der Waals surface area contributed by atoms with E-state index in [0.29, 0.717) is 5.92 Å². The van der Waals surface area contributed by atoms with Crippen LogP contribution in [-0.2, 0) is 6.42 Å². The molecule has 2 N–H and O–H groups in total. The highest BCUT2D eigenvalue weighted by Crippen LogP contribution is 2.23. The summed E-state index contributed by atoms with van der Waals surface area (Å²) in [6.45, 7) is 6.22. The van der Waals surface area contributed by atoms with Gasteiger partial charge in [-0.1, -0.05) is 13.8 Å². The first-order valence-corrected chi connectivity index (χ1v) is 7.78. The van der Waals surface area contributed by atoms with E-state index in [1.807, 2.05) is 32.3 Å². The first-order chi connectivity index (χ1) is 9.95. The minimum atomic E-state index is 0.0391. The molecule has 1 atom stereocenters. The number of carbonyl (C=O) groups is 1. The number of rotatable bonds is 6. The van der Waals surface area contributed by atoms with Crippen molar-refractivity contribution >= 4 is 11.6 Å². The lowest BCUT2D eigenvalue weighted by Crippen LogP contribution is -2.42. The zero-order chi connectivity index (χ0) is 15.4. The average Bonchev–Trinajstić information content (AvgIpc) is 2.83. The predicted molar refractivity (Wildman–Crippen MR) is 87.9 cm³/mol. The molecule has 4 heteroatoms. The molecule has 0 saturated heterocycles. The van der Waals surface area contributed by atoms with Gasteiger partial charge in [-0.15, -0.1) is 0 Å². The van der Waals surface area contributed by atoms with Gasteiger partial charge >= 0.3 is 0 Å². The van der Waals surface area contributed by atoms with E-state index >= 15 is 0 Å². The van der Waals surface area contributed by atoms with Gasteiger partial charge in [-0.2, -0.15) is 0 Å². The highest BCUT2D eigenvalue weighted by atomic mass is 16.1. The Labute approximate surface area is 127 Å². The van der Waals surface area contributed by atoms with Gasteiger partial charge in [0.25, 0.3) is 5.91 Å². The second kappa shape index (κ2) is 6.94. The van der Waals surface area contributed by atoms with E-state index in [9.17, 15) is 4.79 Å². The third kappa shape index (κ3) is 4.46. The smallest absolute Gasteiger partial charge is 0.251 e. The Morgan fingerprint density at radius 3 is 2.81 bits per heavy atom. The molecule has 0 aromatic heterocycles. The van der Waals surface area contributed by atoms with Crippen molar-refractivity contribution < 1.29 is 4.79 Å². The molecule has 0 bridgehead atoms. The Kier molecular flexibility index (Phi) is 5.23. The molecule has 1 heterocycles. The number of hydrogen-bond donors (Lipinski definition) is 2. The van der Waals surface area contributed by atoms with Gasteiger partial charge in [0.2, 0.25) is 0 Å². The highest BCUT2D eigenvalue weighted by Gasteiger charge is 2.18. The van der Waals surface area contributed by atoms with Crippen LogP contribution in [0.5, 0.6) is 0 Å². The lowest BCUT2D eigenvalue weighted by atomic mass is 10.0. The second-order valence-electron chi connectivity index (χ2n) is 6.61. The van der Waals surface area contributed by atoms with Crippen LogP contribution < -0.4 is 10.6 Å². The van der Waals surface area contributed by atoms with Gasteiger partial charge < -0.3 is 15.5 Å². The Morgan fingerprint density at radius 1 is 1.38 bits per heavy atom. The summed E-state index contributed by atoms with van der Waals surface area (Å²) in [5.74, 6) is 0.608. The maximum atomic E-state index is 12.5. The Bertz CT molecular complexity index is 487. The third-order valence-electron chi connectivity index (χ3n) is 3.75. The van der Waals surface area contributed by atoms with Crippen LogP contribution in [0.25, 0.3) is 0 Å². The van der Waals surface area contributed by atoms with Crippen LogP contribution in [-0.4, -0.2) is 44.0 Å².